The fourth-order valence-corrected chi connectivity index (χ4v) is 0.501. The lowest BCUT2D eigenvalue weighted by molar-refractivity contribution is -0.206. The van der Waals surface area contributed by atoms with Gasteiger partial charge in [-0.2, -0.15) is 13.2 Å². The molecule has 0 rings (SSSR count). The quantitative estimate of drug-likeness (QED) is 0.644. The molecule has 0 aromatic rings. The highest BCUT2D eigenvalue weighted by atomic mass is 19.4. The van der Waals surface area contributed by atoms with Crippen LogP contribution < -0.4 is 0 Å². The van der Waals surface area contributed by atoms with Crippen LogP contribution in [0.4, 0.5) is 17.6 Å². The first-order valence-corrected chi connectivity index (χ1v) is 2.85. The van der Waals surface area contributed by atoms with Crippen molar-refractivity contribution in [3.05, 3.63) is 0 Å². The molecule has 0 fully saturated rings. The lowest BCUT2D eigenvalue weighted by atomic mass is 10.1. The Balaban J connectivity index is 4.10. The molecule has 0 radical (unpaired) electrons. The average molecular weight is 190 g/mol. The van der Waals surface area contributed by atoms with Gasteiger partial charge in [0, 0.05) is 0 Å². The Kier molecular flexibility index (Phi) is 3.44. The summed E-state index contributed by atoms with van der Waals surface area (Å²) in [7, 11) is 0. The molecule has 0 aliphatic rings. The molecule has 0 aliphatic heterocycles. The van der Waals surface area contributed by atoms with Crippen molar-refractivity contribution in [2.45, 2.75) is 24.9 Å². The molecular weight excluding hydrogens is 184 g/mol. The third-order valence-electron chi connectivity index (χ3n) is 1.03. The summed E-state index contributed by atoms with van der Waals surface area (Å²) in [5, 5.41) is 16.3. The topological polar surface area (TPSA) is 57.5 Å². The van der Waals surface area contributed by atoms with Gasteiger partial charge in [-0.1, -0.05) is 0 Å². The molecule has 7 heteroatoms. The molecule has 0 aliphatic carbocycles. The molecule has 72 valence electrons. The van der Waals surface area contributed by atoms with E-state index in [1.807, 2.05) is 0 Å². The number of carbonyl (C=O) groups is 1. The van der Waals surface area contributed by atoms with E-state index in [0.717, 1.165) is 0 Å². The Morgan fingerprint density at radius 3 is 2.08 bits per heavy atom. The van der Waals surface area contributed by atoms with Crippen LogP contribution in [0.3, 0.4) is 0 Å². The number of alkyl halides is 4. The van der Waals surface area contributed by atoms with Crippen molar-refractivity contribution in [2.75, 3.05) is 0 Å². The van der Waals surface area contributed by atoms with E-state index in [0.29, 0.717) is 0 Å². The van der Waals surface area contributed by atoms with E-state index in [-0.39, 0.29) is 0 Å². The van der Waals surface area contributed by atoms with Crippen LogP contribution in [0.1, 0.15) is 6.42 Å². The second-order valence-electron chi connectivity index (χ2n) is 2.11. The van der Waals surface area contributed by atoms with Crippen LogP contribution in [0, 0.1) is 0 Å². The zero-order valence-electron chi connectivity index (χ0n) is 5.68. The zero-order valence-corrected chi connectivity index (χ0v) is 5.68. The fourth-order valence-electron chi connectivity index (χ4n) is 0.501. The van der Waals surface area contributed by atoms with Crippen molar-refractivity contribution in [3.63, 3.8) is 0 Å². The highest BCUT2D eigenvalue weighted by Gasteiger charge is 2.45. The van der Waals surface area contributed by atoms with Crippen molar-refractivity contribution in [2.24, 2.45) is 0 Å². The Bertz CT molecular complexity index is 167. The second kappa shape index (κ2) is 3.70. The summed E-state index contributed by atoms with van der Waals surface area (Å²) in [4.78, 5) is 9.75. The molecule has 2 atom stereocenters. The van der Waals surface area contributed by atoms with Gasteiger partial charge < -0.3 is 10.2 Å². The second-order valence-corrected chi connectivity index (χ2v) is 2.11. The van der Waals surface area contributed by atoms with Crippen molar-refractivity contribution >= 4 is 5.97 Å². The monoisotopic (exact) mass is 190 g/mol. The zero-order chi connectivity index (χ0) is 9.94. The summed E-state index contributed by atoms with van der Waals surface area (Å²) in [6.07, 6.45) is -12.5. The van der Waals surface area contributed by atoms with E-state index in [9.17, 15) is 22.4 Å². The number of carboxylic acid groups (broad SMARTS) is 1. The van der Waals surface area contributed by atoms with Crippen LogP contribution in [-0.4, -0.2) is 34.6 Å². The third kappa shape index (κ3) is 3.51. The van der Waals surface area contributed by atoms with Gasteiger partial charge in [-0.05, 0) is 0 Å². The maximum atomic E-state index is 12.0. The van der Waals surface area contributed by atoms with Gasteiger partial charge in [0.25, 0.3) is 0 Å². The highest BCUT2D eigenvalue weighted by Crippen LogP contribution is 2.26. The number of aliphatic carboxylic acids is 1. The van der Waals surface area contributed by atoms with Gasteiger partial charge in [-0.3, -0.25) is 4.79 Å². The first-order chi connectivity index (χ1) is 5.25. The molecule has 2 unspecified atom stereocenters. The van der Waals surface area contributed by atoms with Crippen LogP contribution >= 0.6 is 0 Å². The summed E-state index contributed by atoms with van der Waals surface area (Å²) in [5.74, 6) is -1.69. The summed E-state index contributed by atoms with van der Waals surface area (Å²) >= 11 is 0. The van der Waals surface area contributed by atoms with Crippen molar-refractivity contribution in [1.29, 1.82) is 0 Å². The molecule has 0 heterocycles. The van der Waals surface area contributed by atoms with Crippen LogP contribution in [0.5, 0.6) is 0 Å². The van der Waals surface area contributed by atoms with Crippen molar-refractivity contribution in [3.8, 4) is 0 Å². The minimum Gasteiger partial charge on any atom is -0.481 e. The van der Waals surface area contributed by atoms with Gasteiger partial charge in [0.15, 0.2) is 0 Å². The maximum Gasteiger partial charge on any atom is 0.422 e. The summed E-state index contributed by atoms with van der Waals surface area (Å²) in [6, 6.07) is 0. The van der Waals surface area contributed by atoms with E-state index in [1.165, 1.54) is 0 Å². The number of carboxylic acids is 1. The van der Waals surface area contributed by atoms with E-state index in [4.69, 9.17) is 10.2 Å². The molecule has 3 nitrogen and oxygen atoms in total. The van der Waals surface area contributed by atoms with Gasteiger partial charge in [-0.25, -0.2) is 4.39 Å². The smallest absolute Gasteiger partial charge is 0.422 e. The molecule has 12 heavy (non-hydrogen) atoms. The molecular formula is C5H6F4O3. The largest absolute Gasteiger partial charge is 0.481 e. The van der Waals surface area contributed by atoms with Gasteiger partial charge in [0.2, 0.25) is 6.17 Å². The molecule has 2 N–H and O–H groups in total. The Labute approximate surface area is 64.6 Å². The molecule has 0 bridgehead atoms. The Morgan fingerprint density at radius 2 is 1.83 bits per heavy atom. The molecule has 0 aromatic heterocycles. The number of aliphatic hydroxyl groups is 1. The standard InChI is InChI=1S/C5H6F4O3/c6-4(5(7,8)9)2(10)1-3(11)12/h2,4,10H,1H2,(H,11,12). The molecule has 0 amide bonds. The van der Waals surface area contributed by atoms with Gasteiger partial charge in [0.05, 0.1) is 6.42 Å². The van der Waals surface area contributed by atoms with Crippen molar-refractivity contribution < 1.29 is 32.6 Å². The first kappa shape index (κ1) is 11.2. The van der Waals surface area contributed by atoms with Gasteiger partial charge in [-0.15, -0.1) is 0 Å². The lowest BCUT2D eigenvalue weighted by Gasteiger charge is -2.16. The number of hydrogen-bond acceptors (Lipinski definition) is 2. The Hall–Kier alpha value is -0.850. The van der Waals surface area contributed by atoms with Crippen LogP contribution in [0.2, 0.25) is 0 Å². The van der Waals surface area contributed by atoms with Gasteiger partial charge in [0.1, 0.15) is 6.10 Å². The average Bonchev–Trinajstić information content (AvgIpc) is 1.82. The minimum atomic E-state index is -5.21. The number of aliphatic hydroxyl groups excluding tert-OH is 1. The normalized spacial score (nSPS) is 17.1. The maximum absolute atomic E-state index is 12.0. The van der Waals surface area contributed by atoms with Crippen molar-refractivity contribution in [1.82, 2.24) is 0 Å². The Morgan fingerprint density at radius 1 is 1.42 bits per heavy atom. The fraction of sp³-hybridized carbons (Fsp3) is 0.800. The van der Waals surface area contributed by atoms with Crippen LogP contribution in [0.15, 0.2) is 0 Å². The first-order valence-electron chi connectivity index (χ1n) is 2.85. The van der Waals surface area contributed by atoms with Crippen LogP contribution in [0.25, 0.3) is 0 Å². The van der Waals surface area contributed by atoms with Crippen LogP contribution in [-0.2, 0) is 4.79 Å². The highest BCUT2D eigenvalue weighted by molar-refractivity contribution is 5.67. The molecule has 0 saturated heterocycles. The summed E-state index contributed by atoms with van der Waals surface area (Å²) < 4.78 is 46.3. The van der Waals surface area contributed by atoms with E-state index in [1.54, 1.807) is 0 Å². The molecule has 0 saturated carbocycles. The van der Waals surface area contributed by atoms with E-state index >= 15 is 0 Å². The number of rotatable bonds is 3. The number of halogens is 4. The summed E-state index contributed by atoms with van der Waals surface area (Å²) in [5.41, 5.74) is 0. The SMILES string of the molecule is O=C(O)CC(O)C(F)C(F)(F)F. The summed E-state index contributed by atoms with van der Waals surface area (Å²) in [6.45, 7) is 0. The van der Waals surface area contributed by atoms with E-state index < -0.39 is 30.8 Å². The predicted molar refractivity (Wildman–Crippen MR) is 29.2 cm³/mol. The minimum absolute atomic E-state index is 1.26. The molecule has 0 aromatic carbocycles. The number of hydrogen-bond donors (Lipinski definition) is 2. The van der Waals surface area contributed by atoms with Gasteiger partial charge >= 0.3 is 12.1 Å². The predicted octanol–water partition coefficient (Wildman–Crippen LogP) is 0.722. The third-order valence-corrected chi connectivity index (χ3v) is 1.03. The lowest BCUT2D eigenvalue weighted by Crippen LogP contribution is -2.37. The van der Waals surface area contributed by atoms with E-state index in [2.05, 4.69) is 0 Å². The molecule has 0 spiro atoms.